The maximum Gasteiger partial charge on any atom is 0.435 e. The van der Waals surface area contributed by atoms with E-state index in [1.165, 1.54) is 19.4 Å². The second-order valence-corrected chi connectivity index (χ2v) is 10.1. The molecule has 210 valence electrons. The van der Waals surface area contributed by atoms with Crippen molar-refractivity contribution >= 4 is 28.4 Å². The highest BCUT2D eigenvalue weighted by Crippen LogP contribution is 2.41. The molecule has 1 aliphatic rings. The molecule has 0 saturated carbocycles. The first-order valence-electron chi connectivity index (χ1n) is 12.8. The first-order chi connectivity index (χ1) is 19.5. The molecular weight excluding hydrogens is 535 g/mol. The number of imidazole rings is 1. The summed E-state index contributed by atoms with van der Waals surface area (Å²) in [6.45, 7) is 2.41. The number of anilines is 2. The Balaban J connectivity index is 1.54. The predicted molar refractivity (Wildman–Crippen MR) is 148 cm³/mol. The third-order valence-corrected chi connectivity index (χ3v) is 7.28. The predicted octanol–water partition coefficient (Wildman–Crippen LogP) is 5.00. The van der Waals surface area contributed by atoms with Crippen LogP contribution >= 0.6 is 0 Å². The lowest BCUT2D eigenvalue weighted by Crippen LogP contribution is -2.38. The van der Waals surface area contributed by atoms with Gasteiger partial charge < -0.3 is 19.9 Å². The van der Waals surface area contributed by atoms with Crippen molar-refractivity contribution in [2.45, 2.75) is 26.1 Å². The molecule has 1 amide bonds. The number of benzene rings is 2. The molecule has 1 aliphatic heterocycles. The first-order valence-corrected chi connectivity index (χ1v) is 12.8. The summed E-state index contributed by atoms with van der Waals surface area (Å²) < 4.78 is 50.3. The van der Waals surface area contributed by atoms with Crippen LogP contribution in [-0.4, -0.2) is 43.9 Å². The number of methoxy groups -OCH3 is 1. The molecule has 0 saturated heterocycles. The van der Waals surface area contributed by atoms with Gasteiger partial charge in [0, 0.05) is 48.7 Å². The van der Waals surface area contributed by atoms with E-state index in [4.69, 9.17) is 10.5 Å². The Morgan fingerprint density at radius 1 is 1.07 bits per heavy atom. The van der Waals surface area contributed by atoms with E-state index in [0.717, 1.165) is 15.6 Å². The number of nitrogen functional groups attached to an aromatic ring is 1. The molecule has 0 spiro atoms. The summed E-state index contributed by atoms with van der Waals surface area (Å²) in [7, 11) is 2.99. The lowest BCUT2D eigenvalue weighted by molar-refractivity contribution is -0.140. The second-order valence-electron chi connectivity index (χ2n) is 10.1. The standard InChI is InChI=1S/C29H26F3N7O2/c1-16-8-24-22(12-18(41-3)13-35-24)25(9-16)39-6-4-19-20(23-15-37(2)36-26(23)29(30,31)32)10-17(11-21(19)27(39)40)14-38-7-5-34-28(38)33/h5,7-13,15H,4,6,14H2,1-3H3,(H2,33,34). The molecule has 0 bridgehead atoms. The fourth-order valence-electron chi connectivity index (χ4n) is 5.45. The Bertz CT molecular complexity index is 1820. The summed E-state index contributed by atoms with van der Waals surface area (Å²) in [5.74, 6) is 0.480. The summed E-state index contributed by atoms with van der Waals surface area (Å²) in [6, 6.07) is 9.08. The summed E-state index contributed by atoms with van der Waals surface area (Å²) in [5, 5.41) is 4.45. The molecule has 5 aromatic rings. The number of nitrogens with zero attached hydrogens (tertiary/aromatic N) is 6. The summed E-state index contributed by atoms with van der Waals surface area (Å²) in [4.78, 5) is 24.4. The van der Waals surface area contributed by atoms with Gasteiger partial charge in [0.15, 0.2) is 11.6 Å². The Morgan fingerprint density at radius 2 is 1.85 bits per heavy atom. The zero-order chi connectivity index (χ0) is 29.1. The minimum Gasteiger partial charge on any atom is -0.495 e. The van der Waals surface area contributed by atoms with Crippen LogP contribution in [0.15, 0.2) is 55.1 Å². The van der Waals surface area contributed by atoms with Gasteiger partial charge in [0.1, 0.15) is 5.75 Å². The van der Waals surface area contributed by atoms with E-state index < -0.39 is 11.9 Å². The first kappa shape index (κ1) is 26.4. The lowest BCUT2D eigenvalue weighted by atomic mass is 9.87. The van der Waals surface area contributed by atoms with Crippen LogP contribution in [0.5, 0.6) is 5.75 Å². The highest BCUT2D eigenvalue weighted by molar-refractivity contribution is 6.13. The van der Waals surface area contributed by atoms with Crippen LogP contribution in [0.4, 0.5) is 24.8 Å². The molecule has 9 nitrogen and oxygen atoms in total. The summed E-state index contributed by atoms with van der Waals surface area (Å²) in [6.07, 6.45) is 1.83. The third kappa shape index (κ3) is 4.64. The molecule has 3 aromatic heterocycles. The molecule has 41 heavy (non-hydrogen) atoms. The number of aromatic nitrogens is 5. The van der Waals surface area contributed by atoms with Gasteiger partial charge in [0.25, 0.3) is 5.91 Å². The van der Waals surface area contributed by atoms with Crippen molar-refractivity contribution < 1.29 is 22.7 Å². The number of rotatable bonds is 5. The number of fused-ring (bicyclic) bond motifs is 2. The number of carbonyl (C=O) groups is 1. The smallest absolute Gasteiger partial charge is 0.435 e. The van der Waals surface area contributed by atoms with E-state index in [2.05, 4.69) is 15.1 Å². The number of ether oxygens (including phenoxy) is 1. The van der Waals surface area contributed by atoms with E-state index in [9.17, 15) is 18.0 Å². The Morgan fingerprint density at radius 3 is 2.56 bits per heavy atom. The SMILES string of the molecule is COc1cnc2cc(C)cc(N3CCc4c(cc(Cn5ccnc5N)cc4-c4cn(C)nc4C(F)(F)F)C3=O)c2c1. The van der Waals surface area contributed by atoms with Gasteiger partial charge in [-0.2, -0.15) is 18.3 Å². The van der Waals surface area contributed by atoms with E-state index >= 15 is 0 Å². The quantitative estimate of drug-likeness (QED) is 0.324. The second kappa shape index (κ2) is 9.65. The molecule has 6 rings (SSSR count). The van der Waals surface area contributed by atoms with Crippen LogP contribution in [-0.2, 0) is 26.2 Å². The Labute approximate surface area is 233 Å². The van der Waals surface area contributed by atoms with Gasteiger partial charge in [-0.05, 0) is 65.9 Å². The number of aryl methyl sites for hydroxylation is 2. The third-order valence-electron chi connectivity index (χ3n) is 7.28. The molecule has 0 unspecified atom stereocenters. The number of nitrogens with two attached hydrogens (primary N) is 1. The van der Waals surface area contributed by atoms with Gasteiger partial charge in [-0.1, -0.05) is 0 Å². The number of amides is 1. The minimum atomic E-state index is -4.68. The molecule has 4 heterocycles. The van der Waals surface area contributed by atoms with E-state index in [-0.39, 0.29) is 30.5 Å². The van der Waals surface area contributed by atoms with E-state index in [1.807, 2.05) is 25.1 Å². The van der Waals surface area contributed by atoms with Crippen molar-refractivity contribution in [2.75, 3.05) is 24.3 Å². The van der Waals surface area contributed by atoms with Crippen LogP contribution in [0.3, 0.4) is 0 Å². The number of hydrogen-bond acceptors (Lipinski definition) is 6. The average molecular weight is 562 g/mol. The number of pyridine rings is 1. The van der Waals surface area contributed by atoms with Gasteiger partial charge in [-0.3, -0.25) is 14.5 Å². The molecule has 0 aliphatic carbocycles. The maximum atomic E-state index is 14.2. The van der Waals surface area contributed by atoms with Gasteiger partial charge in [-0.25, -0.2) is 4.98 Å². The topological polar surface area (TPSA) is 104 Å². The van der Waals surface area contributed by atoms with Gasteiger partial charge in [-0.15, -0.1) is 0 Å². The van der Waals surface area contributed by atoms with Crippen LogP contribution in [0.1, 0.15) is 32.7 Å². The molecule has 0 atom stereocenters. The fraction of sp³-hybridized carbons (Fsp3) is 0.241. The van der Waals surface area contributed by atoms with Crippen molar-refractivity contribution in [3.05, 3.63) is 83.1 Å². The van der Waals surface area contributed by atoms with E-state index in [1.54, 1.807) is 41.1 Å². The molecule has 2 N–H and O–H groups in total. The number of alkyl halides is 3. The minimum absolute atomic E-state index is 0.0760. The lowest BCUT2D eigenvalue weighted by Gasteiger charge is -2.31. The highest BCUT2D eigenvalue weighted by Gasteiger charge is 2.39. The summed E-state index contributed by atoms with van der Waals surface area (Å²) >= 11 is 0. The Kier molecular flexibility index (Phi) is 6.20. The zero-order valence-corrected chi connectivity index (χ0v) is 22.5. The highest BCUT2D eigenvalue weighted by atomic mass is 19.4. The number of halogens is 3. The largest absolute Gasteiger partial charge is 0.495 e. The monoisotopic (exact) mass is 561 g/mol. The van der Waals surface area contributed by atoms with Crippen molar-refractivity contribution in [1.29, 1.82) is 0 Å². The fourth-order valence-corrected chi connectivity index (χ4v) is 5.45. The van der Waals surface area contributed by atoms with Crippen LogP contribution < -0.4 is 15.4 Å². The molecule has 12 heteroatoms. The maximum absolute atomic E-state index is 14.2. The summed E-state index contributed by atoms with van der Waals surface area (Å²) in [5.41, 5.74) is 8.97. The normalized spacial score (nSPS) is 13.6. The molecule has 2 aromatic carbocycles. The van der Waals surface area contributed by atoms with Gasteiger partial charge in [0.05, 0.1) is 31.1 Å². The number of carbonyl (C=O) groups excluding carboxylic acids is 1. The molecule has 0 radical (unpaired) electrons. The molecule has 0 fully saturated rings. The van der Waals surface area contributed by atoms with Crippen molar-refractivity contribution in [1.82, 2.24) is 24.3 Å². The van der Waals surface area contributed by atoms with Gasteiger partial charge >= 0.3 is 6.18 Å². The van der Waals surface area contributed by atoms with Crippen LogP contribution in [0.25, 0.3) is 22.0 Å². The van der Waals surface area contributed by atoms with Crippen molar-refractivity contribution in [3.63, 3.8) is 0 Å². The Hall–Kier alpha value is -4.87. The zero-order valence-electron chi connectivity index (χ0n) is 22.5. The van der Waals surface area contributed by atoms with Gasteiger partial charge in [0.2, 0.25) is 0 Å². The van der Waals surface area contributed by atoms with Crippen LogP contribution in [0, 0.1) is 6.92 Å². The van der Waals surface area contributed by atoms with Crippen molar-refractivity contribution in [2.24, 2.45) is 7.05 Å². The molecular formula is C29H26F3N7O2. The van der Waals surface area contributed by atoms with E-state index in [0.29, 0.717) is 45.6 Å². The van der Waals surface area contributed by atoms with Crippen LogP contribution in [0.2, 0.25) is 0 Å². The average Bonchev–Trinajstić information content (AvgIpc) is 3.53. The van der Waals surface area contributed by atoms with Crippen molar-refractivity contribution in [3.8, 4) is 16.9 Å². The number of hydrogen-bond donors (Lipinski definition) is 1.